The van der Waals surface area contributed by atoms with E-state index in [9.17, 15) is 4.79 Å². The highest BCUT2D eigenvalue weighted by Gasteiger charge is 2.21. The molecule has 0 spiro atoms. The molecule has 24 heavy (non-hydrogen) atoms. The Balaban J connectivity index is 1.93. The van der Waals surface area contributed by atoms with E-state index in [1.54, 1.807) is 0 Å². The summed E-state index contributed by atoms with van der Waals surface area (Å²) >= 11 is 0. The van der Waals surface area contributed by atoms with Crippen LogP contribution in [-0.4, -0.2) is 24.9 Å². The highest BCUT2D eigenvalue weighted by molar-refractivity contribution is 5.79. The van der Waals surface area contributed by atoms with Crippen LogP contribution >= 0.6 is 0 Å². The maximum absolute atomic E-state index is 12.4. The van der Waals surface area contributed by atoms with Crippen molar-refractivity contribution in [2.24, 2.45) is 11.7 Å². The molecule has 4 nitrogen and oxygen atoms in total. The van der Waals surface area contributed by atoms with E-state index in [4.69, 9.17) is 5.73 Å². The van der Waals surface area contributed by atoms with Crippen LogP contribution in [0.5, 0.6) is 0 Å². The van der Waals surface area contributed by atoms with Crippen molar-refractivity contribution in [3.05, 3.63) is 71.3 Å². The largest absolute Gasteiger partial charge is 0.352 e. The third kappa shape index (κ3) is 5.18. The molecule has 0 aliphatic rings. The van der Waals surface area contributed by atoms with E-state index >= 15 is 0 Å². The Morgan fingerprint density at radius 1 is 1.08 bits per heavy atom. The van der Waals surface area contributed by atoms with E-state index in [1.807, 2.05) is 63.5 Å². The summed E-state index contributed by atoms with van der Waals surface area (Å²) in [5.74, 6) is -0.304. The van der Waals surface area contributed by atoms with Crippen LogP contribution in [-0.2, 0) is 17.9 Å². The van der Waals surface area contributed by atoms with E-state index in [1.165, 1.54) is 5.56 Å². The maximum Gasteiger partial charge on any atom is 0.225 e. The van der Waals surface area contributed by atoms with E-state index < -0.39 is 0 Å². The van der Waals surface area contributed by atoms with E-state index in [2.05, 4.69) is 22.3 Å². The predicted molar refractivity (Wildman–Crippen MR) is 98.2 cm³/mol. The fourth-order valence-corrected chi connectivity index (χ4v) is 2.68. The lowest BCUT2D eigenvalue weighted by Crippen LogP contribution is -2.35. The van der Waals surface area contributed by atoms with Gasteiger partial charge in [-0.05, 0) is 30.8 Å². The molecule has 2 aromatic rings. The second kappa shape index (κ2) is 8.62. The first kappa shape index (κ1) is 18.2. The lowest BCUT2D eigenvalue weighted by molar-refractivity contribution is -0.125. The summed E-state index contributed by atoms with van der Waals surface area (Å²) < 4.78 is 0. The minimum Gasteiger partial charge on any atom is -0.352 e. The third-order valence-corrected chi connectivity index (χ3v) is 4.09. The maximum atomic E-state index is 12.4. The molecule has 2 unspecified atom stereocenters. The summed E-state index contributed by atoms with van der Waals surface area (Å²) in [6.45, 7) is 3.28. The molecule has 0 aliphatic carbocycles. The van der Waals surface area contributed by atoms with Crippen LogP contribution in [0.2, 0.25) is 0 Å². The topological polar surface area (TPSA) is 58.4 Å². The Kier molecular flexibility index (Phi) is 6.53. The van der Waals surface area contributed by atoms with Crippen molar-refractivity contribution in [3.63, 3.8) is 0 Å². The van der Waals surface area contributed by atoms with Gasteiger partial charge < -0.3 is 16.0 Å². The Labute approximate surface area is 144 Å². The number of carbonyl (C=O) groups is 1. The molecule has 1 amide bonds. The van der Waals surface area contributed by atoms with Gasteiger partial charge in [0, 0.05) is 19.1 Å². The van der Waals surface area contributed by atoms with Gasteiger partial charge in [0.25, 0.3) is 0 Å². The van der Waals surface area contributed by atoms with Gasteiger partial charge in [-0.3, -0.25) is 4.79 Å². The average molecular weight is 325 g/mol. The van der Waals surface area contributed by atoms with Gasteiger partial charge in [-0.25, -0.2) is 0 Å². The quantitative estimate of drug-likeness (QED) is 0.823. The fraction of sp³-hybridized carbons (Fsp3) is 0.350. The van der Waals surface area contributed by atoms with Gasteiger partial charge in [0.15, 0.2) is 0 Å². The molecule has 3 N–H and O–H groups in total. The Morgan fingerprint density at radius 3 is 2.42 bits per heavy atom. The lowest BCUT2D eigenvalue weighted by Gasteiger charge is -2.20. The summed E-state index contributed by atoms with van der Waals surface area (Å²) in [5, 5.41) is 3.00. The number of carbonyl (C=O) groups excluding carboxylic acids is 1. The average Bonchev–Trinajstić information content (AvgIpc) is 2.59. The molecule has 2 aromatic carbocycles. The molecule has 0 heterocycles. The molecule has 0 aliphatic heterocycles. The number of amides is 1. The minimum atomic E-state index is -0.300. The molecule has 0 aromatic heterocycles. The molecule has 0 saturated heterocycles. The van der Waals surface area contributed by atoms with Crippen LogP contribution in [0, 0.1) is 5.92 Å². The summed E-state index contributed by atoms with van der Waals surface area (Å²) in [7, 11) is 4.09. The highest BCUT2D eigenvalue weighted by atomic mass is 16.1. The van der Waals surface area contributed by atoms with Crippen molar-refractivity contribution in [1.82, 2.24) is 10.2 Å². The smallest absolute Gasteiger partial charge is 0.225 e. The highest BCUT2D eigenvalue weighted by Crippen LogP contribution is 2.19. The van der Waals surface area contributed by atoms with Gasteiger partial charge in [-0.2, -0.15) is 0 Å². The number of nitrogens with two attached hydrogens (primary N) is 1. The van der Waals surface area contributed by atoms with Gasteiger partial charge in [-0.1, -0.05) is 61.5 Å². The van der Waals surface area contributed by atoms with Crippen LogP contribution in [0.15, 0.2) is 54.6 Å². The summed E-state index contributed by atoms with van der Waals surface area (Å²) in [6.07, 6.45) is 0. The number of benzene rings is 2. The normalized spacial score (nSPS) is 13.5. The van der Waals surface area contributed by atoms with E-state index in [-0.39, 0.29) is 17.9 Å². The summed E-state index contributed by atoms with van der Waals surface area (Å²) in [4.78, 5) is 14.5. The molecule has 0 fully saturated rings. The zero-order valence-electron chi connectivity index (χ0n) is 14.7. The molecular weight excluding hydrogens is 298 g/mol. The summed E-state index contributed by atoms with van der Waals surface area (Å²) in [6, 6.07) is 17.7. The number of rotatable bonds is 7. The molecule has 2 atom stereocenters. The van der Waals surface area contributed by atoms with Crippen LogP contribution < -0.4 is 11.1 Å². The van der Waals surface area contributed by atoms with Gasteiger partial charge in [0.05, 0.1) is 5.92 Å². The first-order valence-corrected chi connectivity index (χ1v) is 8.28. The molecular formula is C20H27N3O. The van der Waals surface area contributed by atoms with E-state index in [0.29, 0.717) is 6.54 Å². The SMILES string of the molecule is CC(C(=O)NCc1cccc(CN(C)C)c1)C(N)c1ccccc1. The first-order valence-electron chi connectivity index (χ1n) is 8.28. The second-order valence-electron chi connectivity index (χ2n) is 6.50. The predicted octanol–water partition coefficient (Wildman–Crippen LogP) is 2.70. The van der Waals surface area contributed by atoms with E-state index in [0.717, 1.165) is 17.7 Å². The molecule has 2 rings (SSSR count). The van der Waals surface area contributed by atoms with Crippen molar-refractivity contribution in [2.45, 2.75) is 26.1 Å². The zero-order valence-corrected chi connectivity index (χ0v) is 14.7. The summed E-state index contributed by atoms with van der Waals surface area (Å²) in [5.41, 5.74) is 9.54. The molecule has 128 valence electrons. The molecule has 0 radical (unpaired) electrons. The fourth-order valence-electron chi connectivity index (χ4n) is 2.68. The Bertz CT molecular complexity index is 655. The minimum absolute atomic E-state index is 0.0237. The standard InChI is InChI=1S/C20H27N3O/c1-15(19(21)18-10-5-4-6-11-18)20(24)22-13-16-8-7-9-17(12-16)14-23(2)3/h4-12,15,19H,13-14,21H2,1-3H3,(H,22,24). The van der Waals surface area contributed by atoms with Crippen molar-refractivity contribution < 1.29 is 4.79 Å². The Morgan fingerprint density at radius 2 is 1.75 bits per heavy atom. The molecule has 4 heteroatoms. The zero-order chi connectivity index (χ0) is 17.5. The van der Waals surface area contributed by atoms with Crippen LogP contribution in [0.3, 0.4) is 0 Å². The van der Waals surface area contributed by atoms with Crippen molar-refractivity contribution in [2.75, 3.05) is 14.1 Å². The number of nitrogens with one attached hydrogen (secondary N) is 1. The first-order chi connectivity index (χ1) is 11.5. The van der Waals surface area contributed by atoms with Crippen LogP contribution in [0.25, 0.3) is 0 Å². The van der Waals surface area contributed by atoms with Crippen molar-refractivity contribution >= 4 is 5.91 Å². The third-order valence-electron chi connectivity index (χ3n) is 4.09. The van der Waals surface area contributed by atoms with Crippen molar-refractivity contribution in [1.29, 1.82) is 0 Å². The number of nitrogens with zero attached hydrogens (tertiary/aromatic N) is 1. The van der Waals surface area contributed by atoms with Crippen LogP contribution in [0.4, 0.5) is 0 Å². The molecule has 0 bridgehead atoms. The number of hydrogen-bond donors (Lipinski definition) is 2. The lowest BCUT2D eigenvalue weighted by atomic mass is 9.94. The van der Waals surface area contributed by atoms with Gasteiger partial charge in [0.2, 0.25) is 5.91 Å². The molecule has 0 saturated carbocycles. The van der Waals surface area contributed by atoms with Crippen LogP contribution in [0.1, 0.15) is 29.7 Å². The van der Waals surface area contributed by atoms with Crippen molar-refractivity contribution in [3.8, 4) is 0 Å². The van der Waals surface area contributed by atoms with Gasteiger partial charge >= 0.3 is 0 Å². The van der Waals surface area contributed by atoms with Gasteiger partial charge in [-0.15, -0.1) is 0 Å². The second-order valence-corrected chi connectivity index (χ2v) is 6.50. The Hall–Kier alpha value is -2.17. The van der Waals surface area contributed by atoms with Gasteiger partial charge in [0.1, 0.15) is 0 Å². The number of hydrogen-bond acceptors (Lipinski definition) is 3. The monoisotopic (exact) mass is 325 g/mol.